The average molecular weight is 443 g/mol. The fourth-order valence-electron chi connectivity index (χ4n) is 2.29. The highest BCUT2D eigenvalue weighted by Gasteiger charge is 2.40. The molecule has 0 radical (unpaired) electrons. The maximum absolute atomic E-state index is 13.1. The summed E-state index contributed by atoms with van der Waals surface area (Å²) in [5, 5.41) is 4.24. The molecule has 2 N–H and O–H groups in total. The number of anilines is 2. The van der Waals surface area contributed by atoms with Gasteiger partial charge in [0, 0.05) is 0 Å². The van der Waals surface area contributed by atoms with Gasteiger partial charge in [-0.3, -0.25) is 0 Å². The van der Waals surface area contributed by atoms with Crippen molar-refractivity contribution in [3.63, 3.8) is 0 Å². The molecule has 0 aliphatic heterocycles. The molecule has 0 spiro atoms. The van der Waals surface area contributed by atoms with E-state index in [0.717, 1.165) is 0 Å². The van der Waals surface area contributed by atoms with E-state index in [9.17, 15) is 26.3 Å². The third kappa shape index (κ3) is 6.31. The third-order valence-corrected chi connectivity index (χ3v) is 4.00. The van der Waals surface area contributed by atoms with Gasteiger partial charge in [0.1, 0.15) is 22.9 Å². The topological polar surface area (TPSA) is 75.6 Å². The van der Waals surface area contributed by atoms with Crippen LogP contribution < -0.4 is 10.6 Å². The highest BCUT2D eigenvalue weighted by molar-refractivity contribution is 6.29. The van der Waals surface area contributed by atoms with Crippen LogP contribution in [0.15, 0.2) is 18.2 Å². The van der Waals surface area contributed by atoms with Crippen molar-refractivity contribution >= 4 is 23.5 Å². The van der Waals surface area contributed by atoms with Crippen LogP contribution >= 0.6 is 11.6 Å². The van der Waals surface area contributed by atoms with Crippen molar-refractivity contribution in [1.82, 2.24) is 19.9 Å². The number of halogens is 7. The van der Waals surface area contributed by atoms with Crippen LogP contribution in [0.25, 0.3) is 11.5 Å². The smallest absolute Gasteiger partial charge is 0.342 e. The van der Waals surface area contributed by atoms with E-state index in [-0.39, 0.29) is 29.5 Å². The fraction of sp³-hybridized carbons (Fsp3) is 0.500. The first-order valence-corrected chi connectivity index (χ1v) is 8.87. The first-order valence-electron chi connectivity index (χ1n) is 8.49. The lowest BCUT2D eigenvalue weighted by Crippen LogP contribution is -2.37. The van der Waals surface area contributed by atoms with Crippen LogP contribution in [0, 0.1) is 0 Å². The zero-order valence-corrected chi connectivity index (χ0v) is 16.0. The average Bonchev–Trinajstić information content (AvgIpc) is 2.62. The van der Waals surface area contributed by atoms with Gasteiger partial charge in [-0.15, -0.1) is 0 Å². The molecule has 2 aromatic heterocycles. The summed E-state index contributed by atoms with van der Waals surface area (Å²) in [5.41, 5.74) is 0.0612. The predicted octanol–water partition coefficient (Wildman–Crippen LogP) is 5.09. The molecule has 0 saturated carbocycles. The van der Waals surface area contributed by atoms with Gasteiger partial charge in [-0.05, 0) is 25.0 Å². The second kappa shape index (κ2) is 8.97. The van der Waals surface area contributed by atoms with Crippen molar-refractivity contribution in [1.29, 1.82) is 0 Å². The highest BCUT2D eigenvalue weighted by atomic mass is 35.5. The Labute approximate surface area is 167 Å². The molecule has 1 unspecified atom stereocenters. The van der Waals surface area contributed by atoms with E-state index in [0.29, 0.717) is 0 Å². The molecule has 0 saturated heterocycles. The Morgan fingerprint density at radius 1 is 0.828 bits per heavy atom. The molecule has 6 nitrogen and oxygen atoms in total. The SMILES string of the molecule is CCC(Nc1nc(N[C@@H](CC)C(F)(F)F)nc(-c2cccc(Cl)n2)n1)C(F)(F)F. The van der Waals surface area contributed by atoms with Crippen molar-refractivity contribution in [2.45, 2.75) is 51.1 Å². The molecule has 0 aromatic carbocycles. The molecule has 0 fully saturated rings. The Balaban J connectivity index is 2.48. The number of hydrogen-bond donors (Lipinski definition) is 2. The molecule has 2 rings (SSSR count). The molecule has 2 atom stereocenters. The van der Waals surface area contributed by atoms with Crippen LogP contribution in [-0.2, 0) is 0 Å². The quantitative estimate of drug-likeness (QED) is 0.459. The molecule has 0 aliphatic carbocycles. The second-order valence-corrected chi connectivity index (χ2v) is 6.33. The summed E-state index contributed by atoms with van der Waals surface area (Å²) in [6.07, 6.45) is -9.91. The minimum absolute atomic E-state index is 0.0513. The van der Waals surface area contributed by atoms with Crippen LogP contribution in [0.4, 0.5) is 38.2 Å². The summed E-state index contributed by atoms with van der Waals surface area (Å²) in [5.74, 6) is -1.32. The fourth-order valence-corrected chi connectivity index (χ4v) is 2.46. The van der Waals surface area contributed by atoms with Crippen LogP contribution in [0.5, 0.6) is 0 Å². The predicted molar refractivity (Wildman–Crippen MR) is 95.6 cm³/mol. The number of nitrogens with zero attached hydrogens (tertiary/aromatic N) is 4. The van der Waals surface area contributed by atoms with Crippen molar-refractivity contribution in [2.75, 3.05) is 10.6 Å². The molecule has 0 amide bonds. The van der Waals surface area contributed by atoms with Crippen LogP contribution in [0.2, 0.25) is 5.15 Å². The number of pyridine rings is 1. The summed E-state index contributed by atoms with van der Waals surface area (Å²) in [4.78, 5) is 15.3. The van der Waals surface area contributed by atoms with Crippen molar-refractivity contribution in [2.24, 2.45) is 0 Å². The lowest BCUT2D eigenvalue weighted by Gasteiger charge is -2.22. The summed E-state index contributed by atoms with van der Waals surface area (Å²) >= 11 is 5.80. The third-order valence-electron chi connectivity index (χ3n) is 3.79. The van der Waals surface area contributed by atoms with Gasteiger partial charge in [0.15, 0.2) is 5.82 Å². The Morgan fingerprint density at radius 2 is 1.31 bits per heavy atom. The van der Waals surface area contributed by atoms with Crippen LogP contribution in [-0.4, -0.2) is 44.4 Å². The number of rotatable bonds is 7. The van der Waals surface area contributed by atoms with Crippen molar-refractivity contribution in [3.8, 4) is 11.5 Å². The van der Waals surface area contributed by atoms with Gasteiger partial charge in [0.05, 0.1) is 0 Å². The molecular weight excluding hydrogens is 426 g/mol. The number of nitrogens with one attached hydrogen (secondary N) is 2. The van der Waals surface area contributed by atoms with Crippen LogP contribution in [0.3, 0.4) is 0 Å². The Morgan fingerprint density at radius 3 is 1.69 bits per heavy atom. The van der Waals surface area contributed by atoms with Gasteiger partial charge in [-0.2, -0.15) is 41.3 Å². The van der Waals surface area contributed by atoms with E-state index in [1.54, 1.807) is 0 Å². The van der Waals surface area contributed by atoms with Gasteiger partial charge in [0.25, 0.3) is 0 Å². The molecular formula is C16H17ClF6N6. The molecule has 29 heavy (non-hydrogen) atoms. The van der Waals surface area contributed by atoms with E-state index in [1.165, 1.54) is 32.0 Å². The van der Waals surface area contributed by atoms with Gasteiger partial charge < -0.3 is 10.6 Å². The molecule has 13 heteroatoms. The van der Waals surface area contributed by atoms with Crippen molar-refractivity contribution < 1.29 is 26.3 Å². The van der Waals surface area contributed by atoms with E-state index in [2.05, 4.69) is 30.6 Å². The minimum Gasteiger partial charge on any atom is -0.342 e. The first kappa shape index (κ1) is 22.9. The second-order valence-electron chi connectivity index (χ2n) is 5.95. The Kier molecular flexibility index (Phi) is 7.09. The van der Waals surface area contributed by atoms with Gasteiger partial charge in [-0.1, -0.05) is 31.5 Å². The largest absolute Gasteiger partial charge is 0.408 e. The normalized spacial score (nSPS) is 14.4. The summed E-state index contributed by atoms with van der Waals surface area (Å²) in [6, 6.07) is 0.351. The molecule has 2 aromatic rings. The molecule has 0 aliphatic rings. The van der Waals surface area contributed by atoms with E-state index in [1.807, 2.05) is 0 Å². The van der Waals surface area contributed by atoms with Crippen molar-refractivity contribution in [3.05, 3.63) is 23.4 Å². The van der Waals surface area contributed by atoms with Gasteiger partial charge in [0.2, 0.25) is 11.9 Å². The highest BCUT2D eigenvalue weighted by Crippen LogP contribution is 2.28. The standard InChI is InChI=1S/C16H17ClF6N6/c1-3-9(15(18,19)20)25-13-27-12(8-6-5-7-11(17)24-8)28-14(29-13)26-10(4-2)16(21,22)23/h5-7,9-10H,3-4H2,1-2H3,(H2,25,26,27,28,29)/t9-,10?/m0/s1. The van der Waals surface area contributed by atoms with E-state index < -0.39 is 36.3 Å². The first-order chi connectivity index (χ1) is 13.4. The van der Waals surface area contributed by atoms with Gasteiger partial charge in [-0.25, -0.2) is 4.98 Å². The number of hydrogen-bond acceptors (Lipinski definition) is 6. The lowest BCUT2D eigenvalue weighted by molar-refractivity contribution is -0.143. The van der Waals surface area contributed by atoms with Crippen LogP contribution in [0.1, 0.15) is 26.7 Å². The molecule has 2 heterocycles. The number of alkyl halides is 6. The molecule has 160 valence electrons. The Bertz CT molecular complexity index is 786. The summed E-state index contributed by atoms with van der Waals surface area (Å²) in [6.45, 7) is 2.59. The van der Waals surface area contributed by atoms with E-state index in [4.69, 9.17) is 11.6 Å². The summed E-state index contributed by atoms with van der Waals surface area (Å²) in [7, 11) is 0. The van der Waals surface area contributed by atoms with E-state index >= 15 is 0 Å². The number of aromatic nitrogens is 4. The molecule has 0 bridgehead atoms. The maximum Gasteiger partial charge on any atom is 0.408 e. The minimum atomic E-state index is -4.61. The monoisotopic (exact) mass is 442 g/mol. The zero-order chi connectivity index (χ0) is 21.8. The Hall–Kier alpha value is -2.37. The zero-order valence-electron chi connectivity index (χ0n) is 15.2. The lowest BCUT2D eigenvalue weighted by atomic mass is 10.2. The summed E-state index contributed by atoms with van der Waals surface area (Å²) < 4.78 is 78.5. The maximum atomic E-state index is 13.1. The van der Waals surface area contributed by atoms with Gasteiger partial charge >= 0.3 is 12.4 Å².